The van der Waals surface area contributed by atoms with Gasteiger partial charge in [0.25, 0.3) is 0 Å². The summed E-state index contributed by atoms with van der Waals surface area (Å²) in [6, 6.07) is 0. The van der Waals surface area contributed by atoms with Crippen LogP contribution in [0.15, 0.2) is 6.20 Å². The van der Waals surface area contributed by atoms with Crippen molar-refractivity contribution in [2.24, 2.45) is 0 Å². The average molecular weight is 284 g/mol. The molecule has 1 rings (SSSR count). The van der Waals surface area contributed by atoms with Crippen molar-refractivity contribution in [2.45, 2.75) is 38.2 Å². The second-order valence-electron chi connectivity index (χ2n) is 4.67. The van der Waals surface area contributed by atoms with E-state index in [0.29, 0.717) is 4.77 Å². The molecular weight excluding hydrogens is 269 g/mol. The molecule has 0 radical (unpaired) electrons. The van der Waals surface area contributed by atoms with Crippen LogP contribution in [0.25, 0.3) is 0 Å². The van der Waals surface area contributed by atoms with Crippen molar-refractivity contribution in [1.29, 1.82) is 0 Å². The summed E-state index contributed by atoms with van der Waals surface area (Å²) in [5.74, 6) is -0.0290. The van der Waals surface area contributed by atoms with Gasteiger partial charge in [0.2, 0.25) is 0 Å². The van der Waals surface area contributed by atoms with E-state index in [4.69, 9.17) is 12.2 Å². The highest BCUT2D eigenvalue weighted by Crippen LogP contribution is 2.30. The predicted molar refractivity (Wildman–Crippen MR) is 66.8 cm³/mol. The zero-order valence-corrected chi connectivity index (χ0v) is 11.5. The number of halogens is 3. The first-order chi connectivity index (χ1) is 7.61. The number of rotatable bonds is 3. The molecule has 0 saturated carbocycles. The number of aromatic amines is 1. The van der Waals surface area contributed by atoms with Crippen LogP contribution in [0, 0.1) is 4.77 Å². The summed E-state index contributed by atoms with van der Waals surface area (Å²) >= 11 is 5.04. The first-order valence-electron chi connectivity index (χ1n) is 5.10. The first kappa shape index (κ1) is 14.6. The lowest BCUT2D eigenvalue weighted by Gasteiger charge is -2.20. The maximum Gasteiger partial charge on any atom is 0.441 e. The number of aromatic nitrogens is 2. The van der Waals surface area contributed by atoms with Gasteiger partial charge in [0.1, 0.15) is 0 Å². The van der Waals surface area contributed by atoms with Crippen molar-refractivity contribution in [1.82, 2.24) is 9.55 Å². The van der Waals surface area contributed by atoms with Gasteiger partial charge in [-0.15, -0.1) is 0 Å². The van der Waals surface area contributed by atoms with Gasteiger partial charge in [-0.3, -0.25) is 0 Å². The Morgan fingerprint density at radius 3 is 2.41 bits per heavy atom. The third-order valence-corrected chi connectivity index (χ3v) is 3.27. The van der Waals surface area contributed by atoms with Crippen LogP contribution in [-0.2, 0) is 12.0 Å². The number of imidazole rings is 1. The molecule has 17 heavy (non-hydrogen) atoms. The van der Waals surface area contributed by atoms with Crippen molar-refractivity contribution >= 4 is 24.0 Å². The predicted octanol–water partition coefficient (Wildman–Crippen LogP) is 4.10. The average Bonchev–Trinajstić information content (AvgIpc) is 2.45. The Morgan fingerprint density at radius 1 is 1.35 bits per heavy atom. The van der Waals surface area contributed by atoms with Crippen LogP contribution in [0.3, 0.4) is 0 Å². The normalized spacial score (nSPS) is 13.1. The summed E-state index contributed by atoms with van der Waals surface area (Å²) in [5.41, 5.74) is -3.40. The molecule has 1 aromatic rings. The highest BCUT2D eigenvalue weighted by molar-refractivity contribution is 8.00. The van der Waals surface area contributed by atoms with Gasteiger partial charge in [-0.25, -0.2) is 0 Å². The first-order valence-corrected chi connectivity index (χ1v) is 6.50. The minimum absolute atomic E-state index is 0.0212. The molecule has 7 heteroatoms. The van der Waals surface area contributed by atoms with E-state index in [1.165, 1.54) is 0 Å². The van der Waals surface area contributed by atoms with Gasteiger partial charge in [-0.1, -0.05) is 20.8 Å². The lowest BCUT2D eigenvalue weighted by Crippen LogP contribution is -2.19. The van der Waals surface area contributed by atoms with Crippen LogP contribution in [-0.4, -0.2) is 20.8 Å². The summed E-state index contributed by atoms with van der Waals surface area (Å²) in [6.45, 7) is 6.26. The van der Waals surface area contributed by atoms with Crippen LogP contribution >= 0.6 is 24.0 Å². The second kappa shape index (κ2) is 5.06. The molecule has 0 spiro atoms. The van der Waals surface area contributed by atoms with Gasteiger partial charge >= 0.3 is 5.51 Å². The topological polar surface area (TPSA) is 20.7 Å². The molecule has 1 N–H and O–H groups in total. The Hall–Kier alpha value is -0.430. The third-order valence-electron chi connectivity index (χ3n) is 2.22. The zero-order valence-electron chi connectivity index (χ0n) is 9.89. The molecular formula is C10H15F3N2S2. The molecule has 0 saturated heterocycles. The van der Waals surface area contributed by atoms with Gasteiger partial charge in [-0.05, 0) is 24.0 Å². The third kappa shape index (κ3) is 4.39. The van der Waals surface area contributed by atoms with E-state index >= 15 is 0 Å². The summed E-state index contributed by atoms with van der Waals surface area (Å²) in [6.07, 6.45) is 1.76. The Morgan fingerprint density at radius 2 is 1.94 bits per heavy atom. The number of nitrogens with one attached hydrogen (secondary N) is 1. The lowest BCUT2D eigenvalue weighted by molar-refractivity contribution is -0.0328. The number of alkyl halides is 3. The van der Waals surface area contributed by atoms with Crippen molar-refractivity contribution in [2.75, 3.05) is 5.75 Å². The Balaban J connectivity index is 2.78. The van der Waals surface area contributed by atoms with E-state index < -0.39 is 5.51 Å². The summed E-state index contributed by atoms with van der Waals surface area (Å²) in [4.78, 5) is 2.88. The quantitative estimate of drug-likeness (QED) is 0.844. The van der Waals surface area contributed by atoms with Crippen molar-refractivity contribution in [3.05, 3.63) is 16.7 Å². The Bertz CT molecular complexity index is 426. The molecule has 98 valence electrons. The summed E-state index contributed by atoms with van der Waals surface area (Å²) in [7, 11) is 0. The standard InChI is InChI=1S/C10H15F3N2S2/c1-9(2,3)7-6-14-8(16)15(7)4-5-17-10(11,12)13/h6H,4-5H2,1-3H3,(H,14,16). The Labute approximate surface area is 108 Å². The highest BCUT2D eigenvalue weighted by atomic mass is 32.2. The minimum Gasteiger partial charge on any atom is -0.337 e. The molecule has 0 unspecified atom stereocenters. The monoisotopic (exact) mass is 284 g/mol. The smallest absolute Gasteiger partial charge is 0.337 e. The zero-order chi connectivity index (χ0) is 13.3. The minimum atomic E-state index is -4.18. The molecule has 0 aliphatic heterocycles. The molecule has 0 aliphatic rings. The number of hydrogen-bond acceptors (Lipinski definition) is 2. The SMILES string of the molecule is CC(C)(C)c1c[nH]c(=S)n1CCSC(F)(F)F. The molecule has 0 aromatic carbocycles. The largest absolute Gasteiger partial charge is 0.441 e. The van der Waals surface area contributed by atoms with Gasteiger partial charge in [0.15, 0.2) is 4.77 Å². The molecule has 0 aliphatic carbocycles. The van der Waals surface area contributed by atoms with Gasteiger partial charge in [0.05, 0.1) is 0 Å². The van der Waals surface area contributed by atoms with E-state index in [2.05, 4.69) is 4.98 Å². The molecule has 1 heterocycles. The van der Waals surface area contributed by atoms with Crippen LogP contribution in [0.1, 0.15) is 26.5 Å². The second-order valence-corrected chi connectivity index (χ2v) is 6.22. The van der Waals surface area contributed by atoms with Gasteiger partial charge in [-0.2, -0.15) is 13.2 Å². The van der Waals surface area contributed by atoms with Gasteiger partial charge in [0, 0.05) is 29.6 Å². The molecule has 0 atom stereocenters. The highest BCUT2D eigenvalue weighted by Gasteiger charge is 2.28. The number of hydrogen-bond donors (Lipinski definition) is 1. The summed E-state index contributed by atoms with van der Waals surface area (Å²) < 4.78 is 38.3. The van der Waals surface area contributed by atoms with Crippen molar-refractivity contribution in [3.63, 3.8) is 0 Å². The van der Waals surface area contributed by atoms with Crippen LogP contribution < -0.4 is 0 Å². The lowest BCUT2D eigenvalue weighted by atomic mass is 9.93. The molecule has 1 aromatic heterocycles. The summed E-state index contributed by atoms with van der Waals surface area (Å²) in [5, 5.41) is 0. The maximum absolute atomic E-state index is 12.0. The van der Waals surface area contributed by atoms with Crippen LogP contribution in [0.2, 0.25) is 0 Å². The molecule has 2 nitrogen and oxygen atoms in total. The van der Waals surface area contributed by atoms with E-state index in [-0.39, 0.29) is 29.5 Å². The maximum atomic E-state index is 12.0. The van der Waals surface area contributed by atoms with E-state index in [1.54, 1.807) is 10.8 Å². The number of nitrogens with zero attached hydrogens (tertiary/aromatic N) is 1. The molecule has 0 amide bonds. The van der Waals surface area contributed by atoms with Crippen molar-refractivity contribution < 1.29 is 13.2 Å². The van der Waals surface area contributed by atoms with E-state index in [9.17, 15) is 13.2 Å². The van der Waals surface area contributed by atoms with Crippen LogP contribution in [0.5, 0.6) is 0 Å². The van der Waals surface area contributed by atoms with Crippen LogP contribution in [0.4, 0.5) is 13.2 Å². The molecule has 0 fully saturated rings. The van der Waals surface area contributed by atoms with E-state index in [0.717, 1.165) is 5.69 Å². The fraction of sp³-hybridized carbons (Fsp3) is 0.700. The fourth-order valence-corrected chi connectivity index (χ4v) is 2.25. The number of H-pyrrole nitrogens is 1. The van der Waals surface area contributed by atoms with Gasteiger partial charge < -0.3 is 9.55 Å². The van der Waals surface area contributed by atoms with E-state index in [1.807, 2.05) is 20.8 Å². The van der Waals surface area contributed by atoms with Crippen molar-refractivity contribution in [3.8, 4) is 0 Å². The Kier molecular flexibility index (Phi) is 4.35. The number of thioether (sulfide) groups is 1. The molecule has 0 bridgehead atoms. The fourth-order valence-electron chi connectivity index (χ4n) is 1.49.